The molecule has 0 radical (unpaired) electrons. The number of nitrogens with one attached hydrogen (secondary N) is 1. The topological polar surface area (TPSA) is 32.3 Å². The van der Waals surface area contributed by atoms with Gasteiger partial charge in [-0.1, -0.05) is 19.4 Å². The number of hydrogen-bond donors (Lipinski definition) is 1. The highest BCUT2D eigenvalue weighted by molar-refractivity contribution is 5.84. The highest BCUT2D eigenvalue weighted by Crippen LogP contribution is 2.37. The predicted octanol–water partition coefficient (Wildman–Crippen LogP) is 2.33. The van der Waals surface area contributed by atoms with E-state index in [9.17, 15) is 4.79 Å². The van der Waals surface area contributed by atoms with E-state index in [4.69, 9.17) is 0 Å². The smallest absolute Gasteiger partial charge is 0.230 e. The van der Waals surface area contributed by atoms with Crippen LogP contribution in [0.15, 0.2) is 12.7 Å². The Bertz CT molecular complexity index is 298. The van der Waals surface area contributed by atoms with E-state index in [1.807, 2.05) is 6.08 Å². The van der Waals surface area contributed by atoms with Crippen LogP contribution in [0.25, 0.3) is 0 Å². The summed E-state index contributed by atoms with van der Waals surface area (Å²) in [6, 6.07) is 0.492. The predicted molar refractivity (Wildman–Crippen MR) is 74.4 cm³/mol. The lowest BCUT2D eigenvalue weighted by Crippen LogP contribution is -2.52. The Balaban J connectivity index is 2.12. The van der Waals surface area contributed by atoms with Gasteiger partial charge in [-0.25, -0.2) is 0 Å². The lowest BCUT2D eigenvalue weighted by molar-refractivity contribution is -0.144. The molecule has 0 bridgehead atoms. The Morgan fingerprint density at radius 1 is 1.56 bits per heavy atom. The first-order chi connectivity index (χ1) is 8.73. The third kappa shape index (κ3) is 2.77. The third-order valence-corrected chi connectivity index (χ3v) is 4.23. The van der Waals surface area contributed by atoms with Gasteiger partial charge in [-0.2, -0.15) is 0 Å². The van der Waals surface area contributed by atoms with Gasteiger partial charge >= 0.3 is 0 Å². The summed E-state index contributed by atoms with van der Waals surface area (Å²) in [6.07, 6.45) is 8.49. The first-order valence-electron chi connectivity index (χ1n) is 7.36. The zero-order chi connectivity index (χ0) is 13.0. The lowest BCUT2D eigenvalue weighted by atomic mass is 9.75. The third-order valence-electron chi connectivity index (χ3n) is 4.23. The summed E-state index contributed by atoms with van der Waals surface area (Å²) in [5.74, 6) is 0.374. The molecule has 0 aromatic heterocycles. The molecule has 1 aliphatic carbocycles. The summed E-state index contributed by atoms with van der Waals surface area (Å²) in [5, 5.41) is 3.42. The molecule has 1 saturated carbocycles. The molecule has 1 N–H and O–H groups in total. The van der Waals surface area contributed by atoms with Crippen molar-refractivity contribution in [2.75, 3.05) is 19.6 Å². The minimum atomic E-state index is -0.140. The van der Waals surface area contributed by atoms with Crippen LogP contribution in [0.2, 0.25) is 0 Å². The molecule has 2 rings (SSSR count). The summed E-state index contributed by atoms with van der Waals surface area (Å²) in [4.78, 5) is 15.0. The van der Waals surface area contributed by atoms with Crippen molar-refractivity contribution in [3.8, 4) is 0 Å². The van der Waals surface area contributed by atoms with Crippen LogP contribution in [0.5, 0.6) is 0 Å². The van der Waals surface area contributed by atoms with Crippen LogP contribution in [-0.2, 0) is 4.79 Å². The Morgan fingerprint density at radius 3 is 2.83 bits per heavy atom. The van der Waals surface area contributed by atoms with Crippen LogP contribution >= 0.6 is 0 Å². The Hall–Kier alpha value is -0.830. The van der Waals surface area contributed by atoms with Crippen molar-refractivity contribution < 1.29 is 4.79 Å². The Labute approximate surface area is 111 Å². The average Bonchev–Trinajstić information content (AvgIpc) is 3.21. The van der Waals surface area contributed by atoms with Crippen LogP contribution in [0, 0.1) is 5.41 Å². The zero-order valence-corrected chi connectivity index (χ0v) is 11.6. The summed E-state index contributed by atoms with van der Waals surface area (Å²) in [5.41, 5.74) is -0.140. The van der Waals surface area contributed by atoms with Crippen molar-refractivity contribution in [1.82, 2.24) is 10.2 Å². The molecular weight excluding hydrogens is 224 g/mol. The molecular formula is C15H26N2O. The van der Waals surface area contributed by atoms with Crippen molar-refractivity contribution >= 4 is 5.91 Å². The van der Waals surface area contributed by atoms with Gasteiger partial charge in [-0.05, 0) is 38.6 Å². The number of amides is 1. The summed E-state index contributed by atoms with van der Waals surface area (Å²) in [7, 11) is 0. The van der Waals surface area contributed by atoms with Crippen molar-refractivity contribution in [2.24, 2.45) is 5.41 Å². The van der Waals surface area contributed by atoms with Crippen molar-refractivity contribution in [3.63, 3.8) is 0 Å². The molecule has 0 aromatic rings. The quantitative estimate of drug-likeness (QED) is 0.734. The first kappa shape index (κ1) is 13.6. The largest absolute Gasteiger partial charge is 0.335 e. The number of rotatable bonds is 6. The van der Waals surface area contributed by atoms with Gasteiger partial charge in [0.05, 0.1) is 5.41 Å². The molecule has 2 fully saturated rings. The van der Waals surface area contributed by atoms with Gasteiger partial charge in [-0.3, -0.25) is 4.79 Å². The van der Waals surface area contributed by atoms with Crippen molar-refractivity contribution in [2.45, 2.75) is 51.5 Å². The molecule has 1 amide bonds. The van der Waals surface area contributed by atoms with Gasteiger partial charge in [-0.15, -0.1) is 6.58 Å². The zero-order valence-electron chi connectivity index (χ0n) is 11.6. The molecule has 3 nitrogen and oxygen atoms in total. The fourth-order valence-corrected chi connectivity index (χ4v) is 3.18. The highest BCUT2D eigenvalue weighted by atomic mass is 16.2. The molecule has 3 heteroatoms. The minimum Gasteiger partial charge on any atom is -0.335 e. The van der Waals surface area contributed by atoms with Crippen LogP contribution < -0.4 is 5.32 Å². The van der Waals surface area contributed by atoms with E-state index in [0.717, 1.165) is 45.3 Å². The summed E-state index contributed by atoms with van der Waals surface area (Å²) >= 11 is 0. The molecule has 1 saturated heterocycles. The number of hydrogen-bond acceptors (Lipinski definition) is 2. The molecule has 1 aliphatic heterocycles. The molecule has 1 unspecified atom stereocenters. The van der Waals surface area contributed by atoms with E-state index in [1.54, 1.807) is 0 Å². The number of nitrogens with zero attached hydrogens (tertiary/aromatic N) is 1. The maximum Gasteiger partial charge on any atom is 0.230 e. The molecule has 2 aliphatic rings. The Morgan fingerprint density at radius 2 is 2.33 bits per heavy atom. The van der Waals surface area contributed by atoms with E-state index >= 15 is 0 Å². The van der Waals surface area contributed by atoms with Gasteiger partial charge in [0, 0.05) is 19.1 Å². The molecule has 102 valence electrons. The fourth-order valence-electron chi connectivity index (χ4n) is 3.18. The van der Waals surface area contributed by atoms with E-state index in [2.05, 4.69) is 23.7 Å². The fraction of sp³-hybridized carbons (Fsp3) is 0.800. The Kier molecular flexibility index (Phi) is 4.44. The monoisotopic (exact) mass is 250 g/mol. The molecule has 0 aromatic carbocycles. The van der Waals surface area contributed by atoms with Gasteiger partial charge in [0.25, 0.3) is 0 Å². The molecule has 1 heterocycles. The average molecular weight is 250 g/mol. The number of carbonyl (C=O) groups excluding carboxylic acids is 1. The van der Waals surface area contributed by atoms with Gasteiger partial charge in [0.1, 0.15) is 0 Å². The maximum atomic E-state index is 12.9. The van der Waals surface area contributed by atoms with Gasteiger partial charge in [0.15, 0.2) is 0 Å². The standard InChI is InChI=1S/C15H26N2O/c1-3-8-15(9-5-10-16-12-15)14(18)17(11-4-2)13-6-7-13/h4,13,16H,2-3,5-12H2,1H3. The van der Waals surface area contributed by atoms with Crippen LogP contribution in [0.1, 0.15) is 45.4 Å². The van der Waals surface area contributed by atoms with Crippen molar-refractivity contribution in [3.05, 3.63) is 12.7 Å². The van der Waals surface area contributed by atoms with E-state index < -0.39 is 0 Å². The number of piperidine rings is 1. The number of carbonyl (C=O) groups is 1. The molecule has 18 heavy (non-hydrogen) atoms. The maximum absolute atomic E-state index is 12.9. The van der Waals surface area contributed by atoms with Gasteiger partial charge in [0.2, 0.25) is 5.91 Å². The second-order valence-electron chi connectivity index (χ2n) is 5.79. The summed E-state index contributed by atoms with van der Waals surface area (Å²) < 4.78 is 0. The minimum absolute atomic E-state index is 0.140. The van der Waals surface area contributed by atoms with E-state index in [1.165, 1.54) is 12.8 Å². The van der Waals surface area contributed by atoms with Crippen molar-refractivity contribution in [1.29, 1.82) is 0 Å². The first-order valence-corrected chi connectivity index (χ1v) is 7.36. The van der Waals surface area contributed by atoms with E-state index in [-0.39, 0.29) is 5.41 Å². The normalized spacial score (nSPS) is 27.8. The molecule has 0 spiro atoms. The second-order valence-corrected chi connectivity index (χ2v) is 5.79. The van der Waals surface area contributed by atoms with Crippen LogP contribution in [0.3, 0.4) is 0 Å². The lowest BCUT2D eigenvalue weighted by Gasteiger charge is -2.40. The van der Waals surface area contributed by atoms with Crippen LogP contribution in [-0.4, -0.2) is 36.5 Å². The molecule has 1 atom stereocenters. The van der Waals surface area contributed by atoms with Crippen LogP contribution in [0.4, 0.5) is 0 Å². The van der Waals surface area contributed by atoms with E-state index in [0.29, 0.717) is 11.9 Å². The SMILES string of the molecule is C=CCN(C(=O)C1(CCC)CCCNC1)C1CC1. The second kappa shape index (κ2) is 5.87. The highest BCUT2D eigenvalue weighted by Gasteiger charge is 2.44. The summed E-state index contributed by atoms with van der Waals surface area (Å²) in [6.45, 7) is 8.61. The van der Waals surface area contributed by atoms with Gasteiger partial charge < -0.3 is 10.2 Å².